The zero-order valence-corrected chi connectivity index (χ0v) is 18.2. The molecule has 2 heterocycles. The van der Waals surface area contributed by atoms with Crippen molar-refractivity contribution in [2.45, 2.75) is 89.8 Å². The van der Waals surface area contributed by atoms with E-state index in [-0.39, 0.29) is 36.3 Å². The molecule has 6 heteroatoms. The van der Waals surface area contributed by atoms with E-state index in [2.05, 4.69) is 37.4 Å². The molecule has 3 fully saturated rings. The molecule has 3 aliphatic rings. The van der Waals surface area contributed by atoms with Crippen molar-refractivity contribution < 1.29 is 14.4 Å². The molecule has 0 aromatic heterocycles. The van der Waals surface area contributed by atoms with Crippen molar-refractivity contribution in [2.24, 2.45) is 0 Å². The number of nitrogens with zero attached hydrogens (tertiary/aromatic N) is 2. The molecular weight excluding hydrogens is 378 g/mol. The van der Waals surface area contributed by atoms with Crippen LogP contribution in [0.4, 0.5) is 4.79 Å². The maximum Gasteiger partial charge on any atom is 0.325 e. The molecule has 4 rings (SSSR count). The van der Waals surface area contributed by atoms with E-state index in [1.165, 1.54) is 28.0 Å². The summed E-state index contributed by atoms with van der Waals surface area (Å²) in [5, 5.41) is 2.82. The van der Waals surface area contributed by atoms with Gasteiger partial charge in [0, 0.05) is 19.0 Å². The number of hydrogen-bond acceptors (Lipinski definition) is 3. The first-order valence-corrected chi connectivity index (χ1v) is 11.5. The summed E-state index contributed by atoms with van der Waals surface area (Å²) in [6, 6.07) is 5.74. The Balaban J connectivity index is 1.36. The number of imide groups is 1. The summed E-state index contributed by atoms with van der Waals surface area (Å²) in [4.78, 5) is 41.6. The third-order valence-corrected chi connectivity index (χ3v) is 7.13. The lowest BCUT2D eigenvalue weighted by molar-refractivity contribution is -0.133. The van der Waals surface area contributed by atoms with Gasteiger partial charge in [-0.05, 0) is 62.6 Å². The average Bonchev–Trinajstić information content (AvgIpc) is 3.33. The lowest BCUT2D eigenvalue weighted by Gasteiger charge is -2.28. The van der Waals surface area contributed by atoms with Gasteiger partial charge in [-0.1, -0.05) is 37.5 Å². The Kier molecular flexibility index (Phi) is 6.11. The van der Waals surface area contributed by atoms with E-state index in [0.29, 0.717) is 6.42 Å². The fraction of sp³-hybridized carbons (Fsp3) is 0.625. The van der Waals surface area contributed by atoms with Gasteiger partial charge in [-0.25, -0.2) is 4.79 Å². The van der Waals surface area contributed by atoms with Crippen molar-refractivity contribution in [3.63, 3.8) is 0 Å². The average molecular weight is 412 g/mol. The van der Waals surface area contributed by atoms with E-state index in [0.717, 1.165) is 45.1 Å². The monoisotopic (exact) mass is 411 g/mol. The normalized spacial score (nSPS) is 25.1. The number of carbonyl (C=O) groups is 3. The van der Waals surface area contributed by atoms with E-state index in [4.69, 9.17) is 0 Å². The summed E-state index contributed by atoms with van der Waals surface area (Å²) < 4.78 is 0. The number of amides is 4. The maximum absolute atomic E-state index is 13.0. The largest absolute Gasteiger partial charge is 0.336 e. The van der Waals surface area contributed by atoms with Crippen molar-refractivity contribution in [1.82, 2.24) is 15.1 Å². The van der Waals surface area contributed by atoms with Gasteiger partial charge in [0.05, 0.1) is 6.04 Å². The second-order valence-corrected chi connectivity index (χ2v) is 9.13. The minimum absolute atomic E-state index is 0.0275. The van der Waals surface area contributed by atoms with Crippen LogP contribution in [-0.4, -0.2) is 46.3 Å². The minimum atomic E-state index is -0.564. The van der Waals surface area contributed by atoms with Crippen molar-refractivity contribution in [3.8, 4) is 0 Å². The molecule has 2 unspecified atom stereocenters. The van der Waals surface area contributed by atoms with Crippen LogP contribution in [0.5, 0.6) is 0 Å². The highest BCUT2D eigenvalue weighted by Gasteiger charge is 2.42. The van der Waals surface area contributed by atoms with E-state index in [9.17, 15) is 14.4 Å². The number of carbonyl (C=O) groups excluding carboxylic acids is 3. The standard InChI is InChI=1S/C24H33N3O3/c1-16-10-11-18(15-17(16)2)21-9-6-14-26(21)22(28)13-12-20-23(29)27(24(30)25-20)19-7-4-3-5-8-19/h10-11,15,19-21H,3-9,12-14H2,1-2H3,(H,25,30). The fourth-order valence-electron chi connectivity index (χ4n) is 5.22. The van der Waals surface area contributed by atoms with Crippen molar-refractivity contribution >= 4 is 17.8 Å². The van der Waals surface area contributed by atoms with E-state index in [1.807, 2.05) is 4.90 Å². The van der Waals surface area contributed by atoms with Crippen LogP contribution in [0.25, 0.3) is 0 Å². The lowest BCUT2D eigenvalue weighted by Crippen LogP contribution is -2.42. The topological polar surface area (TPSA) is 69.7 Å². The van der Waals surface area contributed by atoms with Gasteiger partial charge in [-0.2, -0.15) is 0 Å². The first kappa shape index (κ1) is 20.9. The molecule has 1 saturated carbocycles. The predicted octanol–water partition coefficient (Wildman–Crippen LogP) is 4.00. The summed E-state index contributed by atoms with van der Waals surface area (Å²) in [5.74, 6) is -0.0688. The Labute approximate surface area is 179 Å². The van der Waals surface area contributed by atoms with Gasteiger partial charge >= 0.3 is 6.03 Å². The molecule has 162 valence electrons. The zero-order chi connectivity index (χ0) is 21.3. The molecule has 0 spiro atoms. The summed E-state index contributed by atoms with van der Waals surface area (Å²) in [6.07, 6.45) is 7.75. The van der Waals surface area contributed by atoms with Crippen LogP contribution in [0.3, 0.4) is 0 Å². The van der Waals surface area contributed by atoms with Gasteiger partial charge < -0.3 is 10.2 Å². The molecule has 0 radical (unpaired) electrons. The number of hydrogen-bond donors (Lipinski definition) is 1. The Bertz CT molecular complexity index is 831. The van der Waals surface area contributed by atoms with Gasteiger partial charge in [0.1, 0.15) is 6.04 Å². The number of rotatable bonds is 5. The first-order chi connectivity index (χ1) is 14.5. The zero-order valence-electron chi connectivity index (χ0n) is 18.2. The van der Waals surface area contributed by atoms with Crippen LogP contribution in [0.2, 0.25) is 0 Å². The summed E-state index contributed by atoms with van der Waals surface area (Å²) in [7, 11) is 0. The molecule has 1 aliphatic carbocycles. The second-order valence-electron chi connectivity index (χ2n) is 9.13. The molecule has 1 aromatic carbocycles. The minimum Gasteiger partial charge on any atom is -0.336 e. The van der Waals surface area contributed by atoms with Gasteiger partial charge in [-0.3, -0.25) is 14.5 Å². The summed E-state index contributed by atoms with van der Waals surface area (Å²) in [5.41, 5.74) is 3.69. The second kappa shape index (κ2) is 8.78. The maximum atomic E-state index is 13.0. The third kappa shape index (κ3) is 4.09. The Morgan fingerprint density at radius 3 is 2.53 bits per heavy atom. The fourth-order valence-corrected chi connectivity index (χ4v) is 5.22. The number of nitrogens with one attached hydrogen (secondary N) is 1. The summed E-state index contributed by atoms with van der Waals surface area (Å²) in [6.45, 7) is 4.96. The number of benzene rings is 1. The molecular formula is C24H33N3O3. The third-order valence-electron chi connectivity index (χ3n) is 7.13. The van der Waals surface area contributed by atoms with E-state index in [1.54, 1.807) is 0 Å². The molecule has 1 aromatic rings. The number of aryl methyl sites for hydroxylation is 2. The smallest absolute Gasteiger partial charge is 0.325 e. The highest BCUT2D eigenvalue weighted by atomic mass is 16.2. The molecule has 30 heavy (non-hydrogen) atoms. The molecule has 2 atom stereocenters. The van der Waals surface area contributed by atoms with Crippen molar-refractivity contribution in [2.75, 3.05) is 6.54 Å². The van der Waals surface area contributed by atoms with E-state index >= 15 is 0 Å². The molecule has 0 bridgehead atoms. The van der Waals surface area contributed by atoms with Crippen LogP contribution in [0.1, 0.15) is 80.5 Å². The van der Waals surface area contributed by atoms with Crippen LogP contribution in [0.15, 0.2) is 18.2 Å². The molecule has 2 aliphatic heterocycles. The predicted molar refractivity (Wildman–Crippen MR) is 115 cm³/mol. The van der Waals surface area contributed by atoms with Crippen LogP contribution in [-0.2, 0) is 9.59 Å². The van der Waals surface area contributed by atoms with Crippen LogP contribution >= 0.6 is 0 Å². The van der Waals surface area contributed by atoms with Crippen molar-refractivity contribution in [3.05, 3.63) is 34.9 Å². The molecule has 4 amide bonds. The van der Waals surface area contributed by atoms with Gasteiger partial charge in [-0.15, -0.1) is 0 Å². The van der Waals surface area contributed by atoms with Gasteiger partial charge in [0.2, 0.25) is 5.91 Å². The highest BCUT2D eigenvalue weighted by molar-refractivity contribution is 6.04. The number of likely N-dealkylation sites (tertiary alicyclic amines) is 1. The first-order valence-electron chi connectivity index (χ1n) is 11.5. The molecule has 1 N–H and O–H groups in total. The van der Waals surface area contributed by atoms with Crippen molar-refractivity contribution in [1.29, 1.82) is 0 Å². The molecule has 2 saturated heterocycles. The quantitative estimate of drug-likeness (QED) is 0.745. The van der Waals surface area contributed by atoms with Gasteiger partial charge in [0.15, 0.2) is 0 Å². The van der Waals surface area contributed by atoms with Crippen LogP contribution in [0, 0.1) is 13.8 Å². The Morgan fingerprint density at radius 2 is 1.80 bits per heavy atom. The van der Waals surface area contributed by atoms with Gasteiger partial charge in [0.25, 0.3) is 5.91 Å². The van der Waals surface area contributed by atoms with Crippen LogP contribution < -0.4 is 5.32 Å². The lowest BCUT2D eigenvalue weighted by atomic mass is 9.94. The summed E-state index contributed by atoms with van der Waals surface area (Å²) >= 11 is 0. The molecule has 6 nitrogen and oxygen atoms in total. The SMILES string of the molecule is Cc1ccc(C2CCCN2C(=O)CCC2NC(=O)N(C3CCCCC3)C2=O)cc1C. The van der Waals surface area contributed by atoms with E-state index < -0.39 is 6.04 Å². The Morgan fingerprint density at radius 1 is 1.03 bits per heavy atom. The highest BCUT2D eigenvalue weighted by Crippen LogP contribution is 2.34. The number of urea groups is 1. The Hall–Kier alpha value is -2.37.